The molecule has 2 aromatic rings. The van der Waals surface area contributed by atoms with E-state index in [9.17, 15) is 0 Å². The summed E-state index contributed by atoms with van der Waals surface area (Å²) < 4.78 is 2.28. The minimum atomic E-state index is 0.192. The van der Waals surface area contributed by atoms with Gasteiger partial charge in [-0.05, 0) is 0 Å². The molecule has 18 heavy (non-hydrogen) atoms. The Hall–Kier alpha value is -1.01. The van der Waals surface area contributed by atoms with Crippen molar-refractivity contribution in [3.8, 4) is 0 Å². The normalized spacial score (nSPS) is 12.2. The molecule has 0 nitrogen and oxygen atoms in total. The number of aryl methyl sites for hydroxylation is 1. The molecule has 0 aliphatic heterocycles. The van der Waals surface area contributed by atoms with Crippen molar-refractivity contribution in [2.75, 3.05) is 0 Å². The topological polar surface area (TPSA) is 0 Å². The van der Waals surface area contributed by atoms with E-state index in [1.807, 2.05) is 6.07 Å². The van der Waals surface area contributed by atoms with E-state index in [4.69, 9.17) is 11.6 Å². The van der Waals surface area contributed by atoms with Crippen molar-refractivity contribution in [2.24, 2.45) is 0 Å². The van der Waals surface area contributed by atoms with Crippen LogP contribution in [0.1, 0.15) is 18.1 Å². The van der Waals surface area contributed by atoms with Crippen LogP contribution in [0.4, 0.5) is 0 Å². The van der Waals surface area contributed by atoms with E-state index in [-0.39, 0.29) is 15.0 Å². The van der Waals surface area contributed by atoms with Gasteiger partial charge in [0.25, 0.3) is 0 Å². The molecule has 0 N–H and O–H groups in total. The molecular weight excluding hydrogens is 307 g/mol. The van der Waals surface area contributed by atoms with Gasteiger partial charge in [-0.2, -0.15) is 0 Å². The second-order valence-electron chi connectivity index (χ2n) is 4.18. The molecule has 0 spiro atoms. The van der Waals surface area contributed by atoms with Gasteiger partial charge >= 0.3 is 120 Å². The van der Waals surface area contributed by atoms with Crippen LogP contribution in [0.2, 0.25) is 0 Å². The average Bonchev–Trinajstić information content (AvgIpc) is 2.40. The van der Waals surface area contributed by atoms with Crippen LogP contribution in [0.3, 0.4) is 0 Å². The predicted molar refractivity (Wildman–Crippen MR) is 81.5 cm³/mol. The second-order valence-corrected chi connectivity index (χ2v) is 7.34. The van der Waals surface area contributed by atoms with E-state index in [2.05, 4.69) is 62.4 Å². The maximum atomic E-state index is 6.45. The van der Waals surface area contributed by atoms with Crippen LogP contribution in [-0.4, -0.2) is 15.0 Å². The first-order valence-corrected chi connectivity index (χ1v) is 7.92. The van der Waals surface area contributed by atoms with Gasteiger partial charge in [0.05, 0.1) is 0 Å². The third-order valence-corrected chi connectivity index (χ3v) is 5.50. The first-order valence-electron chi connectivity index (χ1n) is 5.83. The van der Waals surface area contributed by atoms with E-state index in [1.165, 1.54) is 21.2 Å². The Morgan fingerprint density at radius 1 is 0.944 bits per heavy atom. The summed E-state index contributed by atoms with van der Waals surface area (Å²) in [5.41, 5.74) is 3.67. The summed E-state index contributed by atoms with van der Waals surface area (Å²) in [6.45, 7) is 4.19. The fraction of sp³-hybridized carbons (Fsp3) is 0.125. The fourth-order valence-corrected chi connectivity index (χ4v) is 3.78. The predicted octanol–water partition coefficient (Wildman–Crippen LogP) is 3.95. The van der Waals surface area contributed by atoms with Crippen LogP contribution >= 0.6 is 11.6 Å². The molecular formula is C16H15ClSe. The molecule has 0 bridgehead atoms. The number of halogens is 1. The SMILES string of the molecule is C/C(=C(/Cl)[Se]c1ccccc1)c1ccc(C)cc1. The van der Waals surface area contributed by atoms with Crippen LogP contribution in [0.25, 0.3) is 5.57 Å². The number of rotatable bonds is 3. The quantitative estimate of drug-likeness (QED) is 0.751. The van der Waals surface area contributed by atoms with Gasteiger partial charge in [-0.15, -0.1) is 0 Å². The molecule has 2 heteroatoms. The van der Waals surface area contributed by atoms with Crippen LogP contribution in [-0.2, 0) is 0 Å². The summed E-state index contributed by atoms with van der Waals surface area (Å²) in [5, 5.41) is 0. The molecule has 0 saturated heterocycles. The van der Waals surface area contributed by atoms with Gasteiger partial charge in [0.1, 0.15) is 0 Å². The summed E-state index contributed by atoms with van der Waals surface area (Å²) in [6, 6.07) is 18.9. The van der Waals surface area contributed by atoms with E-state index in [0.29, 0.717) is 0 Å². The van der Waals surface area contributed by atoms with Crippen molar-refractivity contribution in [1.29, 1.82) is 0 Å². The summed E-state index contributed by atoms with van der Waals surface area (Å²) in [4.78, 5) is 0. The van der Waals surface area contributed by atoms with Crippen molar-refractivity contribution in [3.63, 3.8) is 0 Å². The van der Waals surface area contributed by atoms with Crippen LogP contribution in [0.5, 0.6) is 0 Å². The van der Waals surface area contributed by atoms with Crippen molar-refractivity contribution in [2.45, 2.75) is 13.8 Å². The van der Waals surface area contributed by atoms with Crippen molar-refractivity contribution >= 4 is 36.6 Å². The molecule has 0 unspecified atom stereocenters. The van der Waals surface area contributed by atoms with Crippen molar-refractivity contribution in [1.82, 2.24) is 0 Å². The molecule has 0 aromatic heterocycles. The first-order chi connectivity index (χ1) is 8.66. The Bertz CT molecular complexity index is 541. The van der Waals surface area contributed by atoms with Gasteiger partial charge < -0.3 is 0 Å². The van der Waals surface area contributed by atoms with Crippen molar-refractivity contribution in [3.05, 3.63) is 69.7 Å². The molecule has 0 radical (unpaired) electrons. The number of benzene rings is 2. The average molecular weight is 322 g/mol. The van der Waals surface area contributed by atoms with E-state index < -0.39 is 0 Å². The summed E-state index contributed by atoms with van der Waals surface area (Å²) in [5.74, 6) is 0. The zero-order valence-electron chi connectivity index (χ0n) is 10.5. The fourth-order valence-electron chi connectivity index (χ4n) is 1.59. The van der Waals surface area contributed by atoms with E-state index in [0.717, 1.165) is 3.93 Å². The number of allylic oxidation sites excluding steroid dienone is 1. The molecule has 0 aliphatic rings. The third kappa shape index (κ3) is 3.49. The Morgan fingerprint density at radius 2 is 1.56 bits per heavy atom. The van der Waals surface area contributed by atoms with Gasteiger partial charge in [-0.3, -0.25) is 0 Å². The zero-order valence-corrected chi connectivity index (χ0v) is 13.0. The molecule has 0 amide bonds. The number of hydrogen-bond acceptors (Lipinski definition) is 0. The molecule has 2 aromatic carbocycles. The first kappa shape index (κ1) is 13.4. The third-order valence-electron chi connectivity index (χ3n) is 2.73. The Labute approximate surface area is 120 Å². The summed E-state index contributed by atoms with van der Waals surface area (Å²) in [6.07, 6.45) is 0. The maximum absolute atomic E-state index is 6.45. The van der Waals surface area contributed by atoms with Crippen LogP contribution in [0.15, 0.2) is 58.5 Å². The molecule has 0 heterocycles. The van der Waals surface area contributed by atoms with Gasteiger partial charge in [0.15, 0.2) is 0 Å². The Balaban J connectivity index is 2.22. The van der Waals surface area contributed by atoms with E-state index in [1.54, 1.807) is 0 Å². The molecule has 0 saturated carbocycles. The molecule has 0 aliphatic carbocycles. The minimum absolute atomic E-state index is 0.192. The standard InChI is InChI=1S/C16H15ClSe/c1-12-8-10-14(11-9-12)13(2)16(17)18-15-6-4-3-5-7-15/h3-11H,1-2H3/b16-13+. The Kier molecular flexibility index (Phi) is 4.65. The monoisotopic (exact) mass is 322 g/mol. The van der Waals surface area contributed by atoms with Crippen molar-refractivity contribution < 1.29 is 0 Å². The Morgan fingerprint density at radius 3 is 2.17 bits per heavy atom. The van der Waals surface area contributed by atoms with E-state index >= 15 is 0 Å². The molecule has 92 valence electrons. The van der Waals surface area contributed by atoms with Gasteiger partial charge in [-0.25, -0.2) is 0 Å². The van der Waals surface area contributed by atoms with Gasteiger partial charge in [0.2, 0.25) is 0 Å². The van der Waals surface area contributed by atoms with Gasteiger partial charge in [0, 0.05) is 0 Å². The number of hydrogen-bond donors (Lipinski definition) is 0. The van der Waals surface area contributed by atoms with Crippen LogP contribution in [0, 0.1) is 6.92 Å². The molecule has 0 atom stereocenters. The second kappa shape index (κ2) is 6.24. The molecule has 0 fully saturated rings. The molecule has 2 rings (SSSR count). The summed E-state index contributed by atoms with van der Waals surface area (Å²) in [7, 11) is 0. The summed E-state index contributed by atoms with van der Waals surface area (Å²) >= 11 is 6.64. The van der Waals surface area contributed by atoms with Gasteiger partial charge in [-0.1, -0.05) is 0 Å². The van der Waals surface area contributed by atoms with Crippen LogP contribution < -0.4 is 4.46 Å². The zero-order chi connectivity index (χ0) is 13.0.